The monoisotopic (exact) mass is 261 g/mol. The van der Waals surface area contributed by atoms with Crippen LogP contribution in [0, 0.1) is 6.92 Å². The van der Waals surface area contributed by atoms with E-state index in [4.69, 9.17) is 0 Å². The van der Waals surface area contributed by atoms with Crippen molar-refractivity contribution in [2.75, 3.05) is 7.05 Å². The molecule has 0 aromatic carbocycles. The molecule has 102 valence electrons. The number of rotatable bonds is 4. The van der Waals surface area contributed by atoms with Gasteiger partial charge >= 0.3 is 0 Å². The van der Waals surface area contributed by atoms with Crippen molar-refractivity contribution in [3.05, 3.63) is 35.4 Å². The molecule has 2 aromatic heterocycles. The molecular formula is C13H19N5O. The molecular weight excluding hydrogens is 242 g/mol. The SMILES string of the molecule is CCn1ncc(C(=O)N(C)Cc2cnn(C)c2)c1C. The van der Waals surface area contributed by atoms with Crippen LogP contribution in [-0.4, -0.2) is 37.4 Å². The smallest absolute Gasteiger partial charge is 0.257 e. The van der Waals surface area contributed by atoms with E-state index >= 15 is 0 Å². The summed E-state index contributed by atoms with van der Waals surface area (Å²) in [5.74, 6) is -0.0129. The minimum absolute atomic E-state index is 0.0129. The van der Waals surface area contributed by atoms with E-state index < -0.39 is 0 Å². The summed E-state index contributed by atoms with van der Waals surface area (Å²) in [4.78, 5) is 14.0. The molecule has 0 radical (unpaired) electrons. The Morgan fingerprint density at radius 3 is 2.63 bits per heavy atom. The Balaban J connectivity index is 2.12. The maximum absolute atomic E-state index is 12.4. The Hall–Kier alpha value is -2.11. The van der Waals surface area contributed by atoms with Crippen LogP contribution in [0.5, 0.6) is 0 Å². The van der Waals surface area contributed by atoms with Gasteiger partial charge in [0.1, 0.15) is 0 Å². The Morgan fingerprint density at radius 2 is 2.11 bits per heavy atom. The van der Waals surface area contributed by atoms with Gasteiger partial charge in [-0.05, 0) is 13.8 Å². The van der Waals surface area contributed by atoms with E-state index in [1.54, 1.807) is 29.0 Å². The average Bonchev–Trinajstić information content (AvgIpc) is 2.94. The van der Waals surface area contributed by atoms with Crippen LogP contribution < -0.4 is 0 Å². The number of nitrogens with zero attached hydrogens (tertiary/aromatic N) is 5. The summed E-state index contributed by atoms with van der Waals surface area (Å²) in [6.45, 7) is 5.24. The molecule has 0 aliphatic carbocycles. The first-order chi connectivity index (χ1) is 9.02. The van der Waals surface area contributed by atoms with Gasteiger partial charge in [0.05, 0.1) is 18.0 Å². The van der Waals surface area contributed by atoms with Crippen molar-refractivity contribution < 1.29 is 4.79 Å². The highest BCUT2D eigenvalue weighted by atomic mass is 16.2. The molecule has 1 amide bonds. The first-order valence-electron chi connectivity index (χ1n) is 6.28. The van der Waals surface area contributed by atoms with Gasteiger partial charge < -0.3 is 4.90 Å². The fraction of sp³-hybridized carbons (Fsp3) is 0.462. The van der Waals surface area contributed by atoms with E-state index in [9.17, 15) is 4.79 Å². The molecule has 0 aliphatic rings. The predicted octanol–water partition coefficient (Wildman–Crippen LogP) is 1.22. The first kappa shape index (κ1) is 13.3. The Kier molecular flexibility index (Phi) is 3.69. The minimum atomic E-state index is -0.0129. The number of amides is 1. The van der Waals surface area contributed by atoms with Gasteiger partial charge in [-0.15, -0.1) is 0 Å². The number of carbonyl (C=O) groups is 1. The molecule has 0 N–H and O–H groups in total. The summed E-state index contributed by atoms with van der Waals surface area (Å²) in [7, 11) is 3.65. The highest BCUT2D eigenvalue weighted by molar-refractivity contribution is 5.94. The Morgan fingerprint density at radius 1 is 1.37 bits per heavy atom. The zero-order valence-electron chi connectivity index (χ0n) is 11.8. The molecule has 2 heterocycles. The second-order valence-electron chi connectivity index (χ2n) is 4.64. The zero-order chi connectivity index (χ0) is 14.0. The quantitative estimate of drug-likeness (QED) is 0.831. The van der Waals surface area contributed by atoms with Crippen molar-refractivity contribution in [3.8, 4) is 0 Å². The fourth-order valence-electron chi connectivity index (χ4n) is 2.08. The lowest BCUT2D eigenvalue weighted by molar-refractivity contribution is 0.0784. The van der Waals surface area contributed by atoms with E-state index in [2.05, 4.69) is 10.2 Å². The van der Waals surface area contributed by atoms with Crippen LogP contribution in [-0.2, 0) is 20.1 Å². The number of hydrogen-bond acceptors (Lipinski definition) is 3. The van der Waals surface area contributed by atoms with Gasteiger partial charge in [-0.2, -0.15) is 10.2 Å². The highest BCUT2D eigenvalue weighted by Gasteiger charge is 2.18. The van der Waals surface area contributed by atoms with Crippen molar-refractivity contribution in [2.45, 2.75) is 26.9 Å². The molecule has 0 saturated heterocycles. The molecule has 0 saturated carbocycles. The number of aryl methyl sites for hydroxylation is 2. The minimum Gasteiger partial charge on any atom is -0.337 e. The van der Waals surface area contributed by atoms with E-state index in [0.29, 0.717) is 12.1 Å². The zero-order valence-corrected chi connectivity index (χ0v) is 11.8. The molecule has 0 atom stereocenters. The van der Waals surface area contributed by atoms with E-state index in [1.165, 1.54) is 0 Å². The molecule has 19 heavy (non-hydrogen) atoms. The van der Waals surface area contributed by atoms with Crippen LogP contribution in [0.15, 0.2) is 18.6 Å². The van der Waals surface area contributed by atoms with E-state index in [1.807, 2.05) is 31.8 Å². The molecule has 0 fully saturated rings. The fourth-order valence-corrected chi connectivity index (χ4v) is 2.08. The van der Waals surface area contributed by atoms with Crippen LogP contribution in [0.1, 0.15) is 28.5 Å². The van der Waals surface area contributed by atoms with Gasteiger partial charge in [0, 0.05) is 44.6 Å². The third-order valence-corrected chi connectivity index (χ3v) is 3.16. The number of hydrogen-bond donors (Lipinski definition) is 0. The van der Waals surface area contributed by atoms with Crippen LogP contribution in [0.25, 0.3) is 0 Å². The second-order valence-corrected chi connectivity index (χ2v) is 4.64. The van der Waals surface area contributed by atoms with Crippen molar-refractivity contribution in [3.63, 3.8) is 0 Å². The normalized spacial score (nSPS) is 10.7. The Bertz CT molecular complexity index is 584. The van der Waals surface area contributed by atoms with Gasteiger partial charge in [-0.3, -0.25) is 14.2 Å². The molecule has 0 bridgehead atoms. The first-order valence-corrected chi connectivity index (χ1v) is 6.28. The summed E-state index contributed by atoms with van der Waals surface area (Å²) in [6.07, 6.45) is 5.32. The maximum Gasteiger partial charge on any atom is 0.257 e. The summed E-state index contributed by atoms with van der Waals surface area (Å²) in [6, 6.07) is 0. The van der Waals surface area contributed by atoms with Gasteiger partial charge in [0.25, 0.3) is 5.91 Å². The summed E-state index contributed by atoms with van der Waals surface area (Å²) >= 11 is 0. The van der Waals surface area contributed by atoms with Crippen molar-refractivity contribution in [1.29, 1.82) is 0 Å². The van der Waals surface area contributed by atoms with Crippen LogP contribution in [0.4, 0.5) is 0 Å². The molecule has 2 rings (SSSR count). The molecule has 6 heteroatoms. The largest absolute Gasteiger partial charge is 0.337 e. The van der Waals surface area contributed by atoms with E-state index in [-0.39, 0.29) is 5.91 Å². The van der Waals surface area contributed by atoms with Crippen molar-refractivity contribution in [2.24, 2.45) is 7.05 Å². The van der Waals surface area contributed by atoms with Crippen LogP contribution in [0.3, 0.4) is 0 Å². The van der Waals surface area contributed by atoms with Gasteiger partial charge in [-0.25, -0.2) is 0 Å². The van der Waals surface area contributed by atoms with Gasteiger partial charge in [0.15, 0.2) is 0 Å². The van der Waals surface area contributed by atoms with Crippen molar-refractivity contribution >= 4 is 5.91 Å². The lowest BCUT2D eigenvalue weighted by atomic mass is 10.2. The number of carbonyl (C=O) groups excluding carboxylic acids is 1. The summed E-state index contributed by atoms with van der Waals surface area (Å²) in [5, 5.41) is 8.30. The van der Waals surface area contributed by atoms with Crippen LogP contribution in [0.2, 0.25) is 0 Å². The number of aromatic nitrogens is 4. The van der Waals surface area contributed by atoms with Crippen LogP contribution >= 0.6 is 0 Å². The summed E-state index contributed by atoms with van der Waals surface area (Å²) < 4.78 is 3.55. The van der Waals surface area contributed by atoms with Gasteiger partial charge in [-0.1, -0.05) is 0 Å². The van der Waals surface area contributed by atoms with Gasteiger partial charge in [0.2, 0.25) is 0 Å². The summed E-state index contributed by atoms with van der Waals surface area (Å²) in [5.41, 5.74) is 2.58. The molecule has 0 spiro atoms. The third-order valence-electron chi connectivity index (χ3n) is 3.16. The molecule has 0 aliphatic heterocycles. The third kappa shape index (κ3) is 2.67. The van der Waals surface area contributed by atoms with Crippen molar-refractivity contribution in [1.82, 2.24) is 24.5 Å². The maximum atomic E-state index is 12.4. The molecule has 6 nitrogen and oxygen atoms in total. The standard InChI is InChI=1S/C13H19N5O/c1-5-18-10(2)12(7-15-18)13(19)16(3)8-11-6-14-17(4)9-11/h6-7,9H,5,8H2,1-4H3. The molecule has 0 unspecified atom stereocenters. The topological polar surface area (TPSA) is 56.0 Å². The lowest BCUT2D eigenvalue weighted by Crippen LogP contribution is -2.26. The average molecular weight is 261 g/mol. The highest BCUT2D eigenvalue weighted by Crippen LogP contribution is 2.12. The van der Waals surface area contributed by atoms with E-state index in [0.717, 1.165) is 17.8 Å². The predicted molar refractivity (Wildman–Crippen MR) is 71.6 cm³/mol. The lowest BCUT2D eigenvalue weighted by Gasteiger charge is -2.15. The second kappa shape index (κ2) is 5.26. The molecule has 2 aromatic rings. The Labute approximate surface area is 112 Å².